The molecule has 0 amide bonds. The lowest BCUT2D eigenvalue weighted by atomic mass is 10.0. The summed E-state index contributed by atoms with van der Waals surface area (Å²) in [6, 6.07) is 9.59. The summed E-state index contributed by atoms with van der Waals surface area (Å²) in [7, 11) is 2.09. The van der Waals surface area contributed by atoms with Gasteiger partial charge in [0.05, 0.1) is 53.6 Å². The van der Waals surface area contributed by atoms with Crippen molar-refractivity contribution in [3.05, 3.63) is 71.2 Å². The number of hydrogen-bond donors (Lipinski definition) is 2. The Hall–Kier alpha value is -4.28. The first-order chi connectivity index (χ1) is 19.8. The van der Waals surface area contributed by atoms with Crippen molar-refractivity contribution in [1.82, 2.24) is 29.4 Å². The minimum absolute atomic E-state index is 0.273. The second kappa shape index (κ2) is 8.93. The van der Waals surface area contributed by atoms with E-state index >= 15 is 0 Å². The average molecular weight is 512 g/mol. The second-order valence-electron chi connectivity index (χ2n) is 9.80. The van der Waals surface area contributed by atoms with Crippen LogP contribution in [0.5, 0.6) is 0 Å². The molecule has 1 fully saturated rings. The first-order valence-corrected chi connectivity index (χ1v) is 12.5. The highest BCUT2D eigenvalue weighted by Crippen LogP contribution is 2.35. The molecule has 38 heavy (non-hydrogen) atoms. The van der Waals surface area contributed by atoms with Gasteiger partial charge in [-0.25, -0.2) is 9.97 Å². The standard InChI is InChI=1S/C28H28N8O2/c1-34-14-17-16-38-12-11-36(17)23-3-4-24(33-22(23)15-34)32-21-13-31-26(20-6-9-30-28(37)25(20)21)18-5-8-29-27-19(18)7-10-35(27)2/h3-10,13,17H,11-12,14-16H2,1-2H3,(H,30,37)(H,32,33)/t17-/m0/s1/i2D3. The van der Waals surface area contributed by atoms with E-state index in [0.717, 1.165) is 29.0 Å². The Morgan fingerprint density at radius 1 is 1.18 bits per heavy atom. The van der Waals surface area contributed by atoms with Crippen molar-refractivity contribution in [2.24, 2.45) is 6.98 Å². The summed E-state index contributed by atoms with van der Waals surface area (Å²) in [5, 5.41) is 5.03. The zero-order valence-corrected chi connectivity index (χ0v) is 20.8. The van der Waals surface area contributed by atoms with E-state index in [1.807, 2.05) is 6.07 Å². The van der Waals surface area contributed by atoms with Crippen molar-refractivity contribution in [1.29, 1.82) is 0 Å². The van der Waals surface area contributed by atoms with Crippen LogP contribution in [-0.2, 0) is 18.3 Å². The highest BCUT2D eigenvalue weighted by molar-refractivity contribution is 6.06. The number of nitrogens with zero attached hydrogens (tertiary/aromatic N) is 6. The minimum Gasteiger partial charge on any atom is -0.377 e. The summed E-state index contributed by atoms with van der Waals surface area (Å²) in [6.07, 6.45) is 6.26. The molecule has 10 heteroatoms. The van der Waals surface area contributed by atoms with E-state index in [1.165, 1.54) is 6.20 Å². The summed E-state index contributed by atoms with van der Waals surface area (Å²) in [5.74, 6) is 0.615. The fourth-order valence-corrected chi connectivity index (χ4v) is 5.64. The van der Waals surface area contributed by atoms with Gasteiger partial charge in [0, 0.05) is 65.6 Å². The van der Waals surface area contributed by atoms with Crippen LogP contribution in [0.1, 0.15) is 9.81 Å². The van der Waals surface area contributed by atoms with Crippen molar-refractivity contribution < 1.29 is 8.85 Å². The Morgan fingerprint density at radius 3 is 3.05 bits per heavy atom. The van der Waals surface area contributed by atoms with Crippen LogP contribution >= 0.6 is 0 Å². The normalized spacial score (nSPS) is 19.3. The van der Waals surface area contributed by atoms with Crippen molar-refractivity contribution in [3.63, 3.8) is 0 Å². The fourth-order valence-electron chi connectivity index (χ4n) is 5.64. The number of aromatic nitrogens is 5. The number of pyridine rings is 4. The lowest BCUT2D eigenvalue weighted by molar-refractivity contribution is 0.0844. The van der Waals surface area contributed by atoms with Crippen LogP contribution in [0.2, 0.25) is 0 Å². The van der Waals surface area contributed by atoms with Gasteiger partial charge in [0.1, 0.15) is 11.5 Å². The Morgan fingerprint density at radius 2 is 2.13 bits per heavy atom. The molecule has 192 valence electrons. The van der Waals surface area contributed by atoms with Gasteiger partial charge >= 0.3 is 0 Å². The molecule has 0 radical (unpaired) electrons. The molecule has 2 aliphatic rings. The summed E-state index contributed by atoms with van der Waals surface area (Å²) < 4.78 is 30.4. The molecule has 0 aromatic carbocycles. The molecule has 0 unspecified atom stereocenters. The number of H-pyrrole nitrogens is 1. The quantitative estimate of drug-likeness (QED) is 0.380. The molecule has 0 aliphatic carbocycles. The van der Waals surface area contributed by atoms with Crippen LogP contribution in [0.15, 0.2) is 59.9 Å². The van der Waals surface area contributed by atoms with Crippen LogP contribution in [0.3, 0.4) is 0 Å². The predicted molar refractivity (Wildman–Crippen MR) is 148 cm³/mol. The zero-order valence-electron chi connectivity index (χ0n) is 23.8. The van der Waals surface area contributed by atoms with Crippen LogP contribution in [0, 0.1) is 0 Å². The number of likely N-dealkylation sites (N-methyl/N-ethyl adjacent to an activating group) is 1. The van der Waals surface area contributed by atoms with Gasteiger partial charge in [-0.05, 0) is 37.4 Å². The highest BCUT2D eigenvalue weighted by Gasteiger charge is 2.30. The van der Waals surface area contributed by atoms with E-state index in [9.17, 15) is 4.79 Å². The van der Waals surface area contributed by atoms with E-state index in [1.54, 1.807) is 36.8 Å². The van der Waals surface area contributed by atoms with Crippen molar-refractivity contribution in [2.75, 3.05) is 43.6 Å². The molecule has 5 aromatic heterocycles. The Labute approximate surface area is 223 Å². The second-order valence-corrected chi connectivity index (χ2v) is 9.80. The number of anilines is 3. The van der Waals surface area contributed by atoms with E-state index in [-0.39, 0.29) is 11.6 Å². The maximum atomic E-state index is 13.2. The molecule has 1 atom stereocenters. The van der Waals surface area contributed by atoms with Gasteiger partial charge in [-0.15, -0.1) is 0 Å². The minimum atomic E-state index is -2.37. The van der Waals surface area contributed by atoms with Gasteiger partial charge in [0.2, 0.25) is 0 Å². The zero-order chi connectivity index (χ0) is 28.3. The van der Waals surface area contributed by atoms with Gasteiger partial charge in [0.15, 0.2) is 0 Å². The van der Waals surface area contributed by atoms with Gasteiger partial charge < -0.3 is 24.5 Å². The fraction of sp³-hybridized carbons (Fsp3) is 0.286. The number of fused-ring (bicyclic) bond motifs is 5. The van der Waals surface area contributed by atoms with Gasteiger partial charge in [0.25, 0.3) is 5.56 Å². The molecule has 0 spiro atoms. The highest BCUT2D eigenvalue weighted by atomic mass is 16.5. The average Bonchev–Trinajstić information content (AvgIpc) is 3.34. The van der Waals surface area contributed by atoms with E-state index < -0.39 is 6.98 Å². The lowest BCUT2D eigenvalue weighted by Crippen LogP contribution is -2.49. The van der Waals surface area contributed by atoms with Gasteiger partial charge in [-0.1, -0.05) is 0 Å². The van der Waals surface area contributed by atoms with Crippen LogP contribution < -0.4 is 15.8 Å². The third kappa shape index (κ3) is 3.72. The topological polar surface area (TPSA) is 104 Å². The summed E-state index contributed by atoms with van der Waals surface area (Å²) in [4.78, 5) is 34.6. The van der Waals surface area contributed by atoms with Crippen molar-refractivity contribution >= 4 is 39.0 Å². The number of aryl methyl sites for hydroxylation is 1. The predicted octanol–water partition coefficient (Wildman–Crippen LogP) is 3.27. The number of morpholine rings is 1. The molecular formula is C28H28N8O2. The molecule has 0 bridgehead atoms. The van der Waals surface area contributed by atoms with E-state index in [0.29, 0.717) is 64.3 Å². The Balaban J connectivity index is 1.31. The van der Waals surface area contributed by atoms with Crippen LogP contribution in [0.4, 0.5) is 17.2 Å². The molecule has 2 N–H and O–H groups in total. The van der Waals surface area contributed by atoms with E-state index in [2.05, 4.69) is 38.2 Å². The number of ether oxygens (including phenoxy) is 1. The maximum Gasteiger partial charge on any atom is 0.258 e. The number of hydrogen-bond acceptors (Lipinski definition) is 8. The number of nitrogens with one attached hydrogen (secondary N) is 2. The molecule has 2 aliphatic heterocycles. The monoisotopic (exact) mass is 511 g/mol. The third-order valence-electron chi connectivity index (χ3n) is 7.34. The number of aromatic amines is 1. The van der Waals surface area contributed by atoms with Gasteiger partial charge in [-0.2, -0.15) is 0 Å². The lowest BCUT2D eigenvalue weighted by Gasteiger charge is -2.37. The third-order valence-corrected chi connectivity index (χ3v) is 7.34. The first kappa shape index (κ1) is 19.8. The van der Waals surface area contributed by atoms with Crippen molar-refractivity contribution in [3.8, 4) is 11.3 Å². The molecular weight excluding hydrogens is 480 g/mol. The molecule has 1 saturated heterocycles. The van der Waals surface area contributed by atoms with Crippen molar-refractivity contribution in [2.45, 2.75) is 12.6 Å². The number of rotatable bonds is 3. The molecule has 7 rings (SSSR count). The smallest absolute Gasteiger partial charge is 0.258 e. The van der Waals surface area contributed by atoms with Gasteiger partial charge in [-0.3, -0.25) is 14.7 Å². The molecule has 5 aromatic rings. The maximum absolute atomic E-state index is 13.2. The SMILES string of the molecule is [2H]C([2H])([2H])n1ccc2c(-c3ncc(Nc4ccc5c(n4)CN(C)C[C@H]4COCCN54)c4c(=O)[nH]ccc34)ccnc21. The largest absolute Gasteiger partial charge is 0.377 e. The summed E-state index contributed by atoms with van der Waals surface area (Å²) in [6.45, 7) is 1.43. The molecule has 0 saturated carbocycles. The summed E-state index contributed by atoms with van der Waals surface area (Å²) >= 11 is 0. The Bertz CT molecular complexity index is 1850. The molecule has 7 heterocycles. The first-order valence-electron chi connectivity index (χ1n) is 14.0. The van der Waals surface area contributed by atoms with Crippen LogP contribution in [0.25, 0.3) is 33.1 Å². The summed E-state index contributed by atoms with van der Waals surface area (Å²) in [5.41, 5.74) is 3.89. The molecule has 10 nitrogen and oxygen atoms in total. The Kier molecular flexibility index (Phi) is 4.65. The van der Waals surface area contributed by atoms with E-state index in [4.69, 9.17) is 18.8 Å². The van der Waals surface area contributed by atoms with Crippen LogP contribution in [-0.4, -0.2) is 68.8 Å².